The molecule has 1 unspecified atom stereocenters. The number of carbonyl (C=O) groups is 1. The maximum absolute atomic E-state index is 12.4. The molecule has 114 valence electrons. The molecule has 21 heavy (non-hydrogen) atoms. The minimum absolute atomic E-state index is 0.0639. The summed E-state index contributed by atoms with van der Waals surface area (Å²) in [5.41, 5.74) is 0.598. The molecule has 1 aromatic rings. The fourth-order valence-corrected chi connectivity index (χ4v) is 3.32. The number of anilines is 1. The molecule has 1 atom stereocenters. The van der Waals surface area contributed by atoms with Crippen LogP contribution in [0.5, 0.6) is 0 Å². The van der Waals surface area contributed by atoms with Gasteiger partial charge < -0.3 is 10.2 Å². The summed E-state index contributed by atoms with van der Waals surface area (Å²) < 4.78 is 0. The van der Waals surface area contributed by atoms with E-state index in [1.807, 2.05) is 4.90 Å². The van der Waals surface area contributed by atoms with Gasteiger partial charge in [0.05, 0.1) is 5.56 Å². The van der Waals surface area contributed by atoms with Crippen molar-refractivity contribution < 1.29 is 4.79 Å². The summed E-state index contributed by atoms with van der Waals surface area (Å²) in [6.45, 7) is 3.90. The molecule has 0 radical (unpaired) electrons. The lowest BCUT2D eigenvalue weighted by molar-refractivity contribution is 0.0682. The molecule has 1 aromatic heterocycles. The molecular weight excluding hydrogens is 264 g/mol. The Labute approximate surface area is 126 Å². The van der Waals surface area contributed by atoms with E-state index in [1.54, 1.807) is 12.4 Å². The third-order valence-electron chi connectivity index (χ3n) is 4.53. The van der Waals surface area contributed by atoms with Crippen LogP contribution < -0.4 is 5.32 Å². The summed E-state index contributed by atoms with van der Waals surface area (Å²) >= 11 is 0. The molecule has 1 aliphatic carbocycles. The summed E-state index contributed by atoms with van der Waals surface area (Å²) in [4.78, 5) is 23.0. The van der Waals surface area contributed by atoms with Crippen molar-refractivity contribution in [3.05, 3.63) is 18.0 Å². The van der Waals surface area contributed by atoms with Crippen molar-refractivity contribution in [2.45, 2.75) is 51.5 Å². The van der Waals surface area contributed by atoms with Gasteiger partial charge in [0.25, 0.3) is 5.91 Å². The van der Waals surface area contributed by atoms with Crippen LogP contribution >= 0.6 is 0 Å². The maximum atomic E-state index is 12.4. The Kier molecular flexibility index (Phi) is 4.36. The van der Waals surface area contributed by atoms with Crippen LogP contribution in [0.2, 0.25) is 0 Å². The molecule has 2 fully saturated rings. The molecule has 1 aliphatic heterocycles. The topological polar surface area (TPSA) is 58.1 Å². The Balaban J connectivity index is 1.61. The quantitative estimate of drug-likeness (QED) is 0.929. The van der Waals surface area contributed by atoms with E-state index in [9.17, 15) is 4.79 Å². The fraction of sp³-hybridized carbons (Fsp3) is 0.688. The number of hydrogen-bond donors (Lipinski definition) is 1. The largest absolute Gasteiger partial charge is 0.351 e. The molecule has 0 spiro atoms. The van der Waals surface area contributed by atoms with Crippen molar-refractivity contribution in [1.29, 1.82) is 0 Å². The van der Waals surface area contributed by atoms with Crippen LogP contribution in [0.3, 0.4) is 0 Å². The fourth-order valence-electron chi connectivity index (χ4n) is 3.32. The summed E-state index contributed by atoms with van der Waals surface area (Å²) in [6.07, 6.45) is 10.6. The van der Waals surface area contributed by atoms with E-state index in [-0.39, 0.29) is 5.91 Å². The van der Waals surface area contributed by atoms with Gasteiger partial charge in [0.1, 0.15) is 0 Å². The molecule has 1 saturated heterocycles. The predicted octanol–water partition coefficient (Wildman–Crippen LogP) is 2.70. The van der Waals surface area contributed by atoms with Crippen molar-refractivity contribution in [3.8, 4) is 0 Å². The lowest BCUT2D eigenvalue weighted by Gasteiger charge is -2.30. The van der Waals surface area contributed by atoms with Crippen LogP contribution in [-0.4, -0.2) is 39.9 Å². The number of hydrogen-bond acceptors (Lipinski definition) is 4. The third-order valence-corrected chi connectivity index (χ3v) is 4.53. The van der Waals surface area contributed by atoms with Crippen molar-refractivity contribution in [2.24, 2.45) is 5.92 Å². The van der Waals surface area contributed by atoms with E-state index in [2.05, 4.69) is 22.2 Å². The van der Waals surface area contributed by atoms with E-state index in [1.165, 1.54) is 32.1 Å². The van der Waals surface area contributed by atoms with Crippen molar-refractivity contribution >= 4 is 11.9 Å². The van der Waals surface area contributed by atoms with E-state index in [0.29, 0.717) is 23.5 Å². The molecule has 1 saturated carbocycles. The lowest BCUT2D eigenvalue weighted by atomic mass is 10.00. The first-order chi connectivity index (χ1) is 10.2. The smallest absolute Gasteiger partial charge is 0.257 e. The summed E-state index contributed by atoms with van der Waals surface area (Å²) in [6, 6.07) is 0.495. The number of nitrogens with one attached hydrogen (secondary N) is 1. The number of amides is 1. The molecule has 5 heteroatoms. The highest BCUT2D eigenvalue weighted by molar-refractivity contribution is 5.93. The van der Waals surface area contributed by atoms with Gasteiger partial charge in [-0.25, -0.2) is 9.97 Å². The second-order valence-corrected chi connectivity index (χ2v) is 6.42. The number of piperidine rings is 1. The van der Waals surface area contributed by atoms with Crippen LogP contribution in [0, 0.1) is 5.92 Å². The van der Waals surface area contributed by atoms with Gasteiger partial charge in [0.15, 0.2) is 0 Å². The Morgan fingerprint density at radius 3 is 2.57 bits per heavy atom. The maximum Gasteiger partial charge on any atom is 0.257 e. The summed E-state index contributed by atoms with van der Waals surface area (Å²) in [5.74, 6) is 1.30. The molecule has 1 amide bonds. The standard InChI is InChI=1S/C16H24N4O/c1-12-5-4-8-20(11-12)15(21)13-9-17-16(18-10-13)19-14-6-2-3-7-14/h9-10,12,14H,2-8,11H2,1H3,(H,17,18,19). The monoisotopic (exact) mass is 288 g/mol. The Hall–Kier alpha value is -1.65. The van der Waals surface area contributed by atoms with Gasteiger partial charge in [-0.15, -0.1) is 0 Å². The van der Waals surface area contributed by atoms with Gasteiger partial charge in [-0.05, 0) is 31.6 Å². The lowest BCUT2D eigenvalue weighted by Crippen LogP contribution is -2.39. The Bertz CT molecular complexity index is 482. The highest BCUT2D eigenvalue weighted by Crippen LogP contribution is 2.21. The van der Waals surface area contributed by atoms with E-state index < -0.39 is 0 Å². The van der Waals surface area contributed by atoms with Gasteiger partial charge in [0, 0.05) is 31.5 Å². The van der Waals surface area contributed by atoms with Gasteiger partial charge >= 0.3 is 0 Å². The van der Waals surface area contributed by atoms with Crippen molar-refractivity contribution in [2.75, 3.05) is 18.4 Å². The van der Waals surface area contributed by atoms with E-state index in [0.717, 1.165) is 19.5 Å². The highest BCUT2D eigenvalue weighted by atomic mass is 16.2. The number of carbonyl (C=O) groups excluding carboxylic acids is 1. The minimum atomic E-state index is 0.0639. The van der Waals surface area contributed by atoms with Gasteiger partial charge in [-0.2, -0.15) is 0 Å². The normalized spacial score (nSPS) is 23.3. The molecule has 0 aromatic carbocycles. The zero-order chi connectivity index (χ0) is 14.7. The van der Waals surface area contributed by atoms with Gasteiger partial charge in [-0.1, -0.05) is 19.8 Å². The van der Waals surface area contributed by atoms with Crippen LogP contribution in [0.1, 0.15) is 55.8 Å². The first kappa shape index (κ1) is 14.3. The number of rotatable bonds is 3. The molecule has 5 nitrogen and oxygen atoms in total. The number of aromatic nitrogens is 2. The summed E-state index contributed by atoms with van der Waals surface area (Å²) in [7, 11) is 0. The Morgan fingerprint density at radius 1 is 1.19 bits per heavy atom. The molecule has 2 aliphatic rings. The molecular formula is C16H24N4O. The second kappa shape index (κ2) is 6.41. The van der Waals surface area contributed by atoms with Crippen LogP contribution in [-0.2, 0) is 0 Å². The molecule has 1 N–H and O–H groups in total. The third kappa shape index (κ3) is 3.52. The number of likely N-dealkylation sites (tertiary alicyclic amines) is 1. The second-order valence-electron chi connectivity index (χ2n) is 6.42. The first-order valence-corrected chi connectivity index (χ1v) is 8.10. The van der Waals surface area contributed by atoms with Crippen LogP contribution in [0.25, 0.3) is 0 Å². The zero-order valence-electron chi connectivity index (χ0n) is 12.7. The predicted molar refractivity (Wildman–Crippen MR) is 82.2 cm³/mol. The molecule has 0 bridgehead atoms. The highest BCUT2D eigenvalue weighted by Gasteiger charge is 2.22. The van der Waals surface area contributed by atoms with Gasteiger partial charge in [-0.3, -0.25) is 4.79 Å². The van der Waals surface area contributed by atoms with Crippen LogP contribution in [0.4, 0.5) is 5.95 Å². The number of nitrogens with zero attached hydrogens (tertiary/aromatic N) is 3. The average Bonchev–Trinajstić information content (AvgIpc) is 3.00. The summed E-state index contributed by atoms with van der Waals surface area (Å²) in [5, 5.41) is 3.35. The van der Waals surface area contributed by atoms with E-state index in [4.69, 9.17) is 0 Å². The van der Waals surface area contributed by atoms with E-state index >= 15 is 0 Å². The molecule has 3 rings (SSSR count). The van der Waals surface area contributed by atoms with Gasteiger partial charge in [0.2, 0.25) is 5.95 Å². The zero-order valence-corrected chi connectivity index (χ0v) is 12.7. The minimum Gasteiger partial charge on any atom is -0.351 e. The molecule has 2 heterocycles. The van der Waals surface area contributed by atoms with Crippen LogP contribution in [0.15, 0.2) is 12.4 Å². The average molecular weight is 288 g/mol. The van der Waals surface area contributed by atoms with Crippen molar-refractivity contribution in [1.82, 2.24) is 14.9 Å². The SMILES string of the molecule is CC1CCCN(C(=O)c2cnc(NC3CCCC3)nc2)C1. The van der Waals surface area contributed by atoms with Crippen molar-refractivity contribution in [3.63, 3.8) is 0 Å². The first-order valence-electron chi connectivity index (χ1n) is 8.10. The Morgan fingerprint density at radius 2 is 1.90 bits per heavy atom.